The van der Waals surface area contributed by atoms with Gasteiger partial charge in [-0.25, -0.2) is 0 Å². The Morgan fingerprint density at radius 3 is 1.33 bits per heavy atom. The monoisotopic (exact) mass is 172 g/mol. The van der Waals surface area contributed by atoms with Gasteiger partial charge in [-0.2, -0.15) is 0 Å². The molecule has 2 aliphatic rings. The van der Waals surface area contributed by atoms with Crippen LogP contribution in [0.1, 0.15) is 26.7 Å². The molecule has 2 heterocycles. The third-order valence-electron chi connectivity index (χ3n) is 2.31. The fourth-order valence-electron chi connectivity index (χ4n) is 1.30. The van der Waals surface area contributed by atoms with Gasteiger partial charge in [0.15, 0.2) is 0 Å². The fourth-order valence-corrected chi connectivity index (χ4v) is 1.30. The molecule has 2 heteroatoms. The molecule has 2 aliphatic heterocycles. The van der Waals surface area contributed by atoms with E-state index in [1.807, 2.05) is 0 Å². The minimum atomic E-state index is 0.824. The number of rotatable bonds is 0. The molecule has 0 radical (unpaired) electrons. The molecule has 0 aromatic rings. The van der Waals surface area contributed by atoms with Crippen molar-refractivity contribution in [1.29, 1.82) is 0 Å². The van der Waals surface area contributed by atoms with Crippen LogP contribution in [0.5, 0.6) is 0 Å². The molecule has 72 valence electrons. The first-order valence-corrected chi connectivity index (χ1v) is 4.94. The fraction of sp³-hybridized carbons (Fsp3) is 1.00. The van der Waals surface area contributed by atoms with E-state index in [0.29, 0.717) is 0 Å². The molecule has 0 aliphatic carbocycles. The third-order valence-corrected chi connectivity index (χ3v) is 2.31. The second-order valence-corrected chi connectivity index (χ2v) is 3.94. The van der Waals surface area contributed by atoms with Crippen LogP contribution in [0.2, 0.25) is 0 Å². The van der Waals surface area contributed by atoms with Crippen LogP contribution in [0, 0.1) is 11.8 Å². The van der Waals surface area contributed by atoms with Gasteiger partial charge >= 0.3 is 0 Å². The van der Waals surface area contributed by atoms with Crippen LogP contribution in [-0.2, 0) is 9.47 Å². The van der Waals surface area contributed by atoms with Crippen molar-refractivity contribution in [2.24, 2.45) is 11.8 Å². The van der Waals surface area contributed by atoms with Crippen molar-refractivity contribution in [3.8, 4) is 0 Å². The van der Waals surface area contributed by atoms with Crippen LogP contribution in [0.4, 0.5) is 0 Å². The minimum absolute atomic E-state index is 0.824. The lowest BCUT2D eigenvalue weighted by atomic mass is 10.2. The summed E-state index contributed by atoms with van der Waals surface area (Å²) < 4.78 is 10.1. The molecule has 2 saturated heterocycles. The van der Waals surface area contributed by atoms with Crippen molar-refractivity contribution in [1.82, 2.24) is 0 Å². The predicted molar refractivity (Wildman–Crippen MR) is 49.2 cm³/mol. The summed E-state index contributed by atoms with van der Waals surface area (Å²) in [5.74, 6) is 1.65. The van der Waals surface area contributed by atoms with Gasteiger partial charge in [0.25, 0.3) is 0 Å². The van der Waals surface area contributed by atoms with Crippen molar-refractivity contribution in [3.05, 3.63) is 0 Å². The lowest BCUT2D eigenvalue weighted by Crippen LogP contribution is -1.88. The Morgan fingerprint density at radius 2 is 1.25 bits per heavy atom. The van der Waals surface area contributed by atoms with E-state index in [9.17, 15) is 0 Å². The lowest BCUT2D eigenvalue weighted by molar-refractivity contribution is 0.188. The summed E-state index contributed by atoms with van der Waals surface area (Å²) in [4.78, 5) is 0. The summed E-state index contributed by atoms with van der Waals surface area (Å²) in [6, 6.07) is 0. The Kier molecular flexibility index (Phi) is 4.62. The van der Waals surface area contributed by atoms with Crippen LogP contribution >= 0.6 is 0 Å². The van der Waals surface area contributed by atoms with Crippen molar-refractivity contribution in [2.75, 3.05) is 26.4 Å². The molecule has 0 saturated carbocycles. The van der Waals surface area contributed by atoms with E-state index in [1.165, 1.54) is 12.8 Å². The molecule has 0 aromatic heterocycles. The maximum absolute atomic E-state index is 5.06. The molecule has 2 atom stereocenters. The minimum Gasteiger partial charge on any atom is -0.381 e. The van der Waals surface area contributed by atoms with Gasteiger partial charge in [-0.3, -0.25) is 0 Å². The Hall–Kier alpha value is -0.0800. The van der Waals surface area contributed by atoms with Crippen LogP contribution in [-0.4, -0.2) is 26.4 Å². The normalized spacial score (nSPS) is 34.5. The van der Waals surface area contributed by atoms with Gasteiger partial charge in [-0.1, -0.05) is 13.8 Å². The first-order chi connectivity index (χ1) is 5.79. The van der Waals surface area contributed by atoms with Crippen LogP contribution in [0.25, 0.3) is 0 Å². The Balaban J connectivity index is 0.000000120. The van der Waals surface area contributed by atoms with E-state index in [0.717, 1.165) is 38.3 Å². The zero-order valence-corrected chi connectivity index (χ0v) is 8.21. The second-order valence-electron chi connectivity index (χ2n) is 3.94. The summed E-state index contributed by atoms with van der Waals surface area (Å²) in [6.07, 6.45) is 2.53. The first kappa shape index (κ1) is 10.0. The Labute approximate surface area is 75.2 Å². The summed E-state index contributed by atoms with van der Waals surface area (Å²) in [5, 5.41) is 0. The zero-order chi connectivity index (χ0) is 8.81. The van der Waals surface area contributed by atoms with Gasteiger partial charge < -0.3 is 9.47 Å². The second kappa shape index (κ2) is 5.55. The van der Waals surface area contributed by atoms with Crippen LogP contribution in [0.3, 0.4) is 0 Å². The zero-order valence-electron chi connectivity index (χ0n) is 8.21. The maximum Gasteiger partial charge on any atom is 0.0492 e. The van der Waals surface area contributed by atoms with Gasteiger partial charge in [-0.05, 0) is 24.7 Å². The molecule has 2 rings (SSSR count). The van der Waals surface area contributed by atoms with Gasteiger partial charge in [0, 0.05) is 26.4 Å². The van der Waals surface area contributed by atoms with E-state index < -0.39 is 0 Å². The first-order valence-electron chi connectivity index (χ1n) is 4.94. The highest BCUT2D eigenvalue weighted by molar-refractivity contribution is 4.56. The molecule has 0 bridgehead atoms. The van der Waals surface area contributed by atoms with Gasteiger partial charge in [-0.15, -0.1) is 0 Å². The van der Waals surface area contributed by atoms with E-state index >= 15 is 0 Å². The summed E-state index contributed by atoms with van der Waals surface area (Å²) in [5.41, 5.74) is 0. The average molecular weight is 172 g/mol. The molecular weight excluding hydrogens is 152 g/mol. The largest absolute Gasteiger partial charge is 0.381 e. The average Bonchev–Trinajstić information content (AvgIpc) is 2.63. The van der Waals surface area contributed by atoms with Gasteiger partial charge in [0.1, 0.15) is 0 Å². The summed E-state index contributed by atoms with van der Waals surface area (Å²) >= 11 is 0. The predicted octanol–water partition coefficient (Wildman–Crippen LogP) is 2.09. The van der Waals surface area contributed by atoms with E-state index in [2.05, 4.69) is 13.8 Å². The molecule has 2 nitrogen and oxygen atoms in total. The molecule has 0 N–H and O–H groups in total. The third kappa shape index (κ3) is 4.07. The number of ether oxygens (including phenoxy) is 2. The molecular formula is C10H20O2. The number of hydrogen-bond acceptors (Lipinski definition) is 2. The Morgan fingerprint density at radius 1 is 0.833 bits per heavy atom. The molecule has 0 amide bonds. The maximum atomic E-state index is 5.06. The van der Waals surface area contributed by atoms with E-state index in [4.69, 9.17) is 9.47 Å². The van der Waals surface area contributed by atoms with Crippen molar-refractivity contribution >= 4 is 0 Å². The highest BCUT2D eigenvalue weighted by Crippen LogP contribution is 2.09. The van der Waals surface area contributed by atoms with E-state index in [1.54, 1.807) is 0 Å². The SMILES string of the molecule is CC1CCOC1.CC1CCOC1. The quantitative estimate of drug-likeness (QED) is 0.557. The summed E-state index contributed by atoms with van der Waals surface area (Å²) in [6.45, 7) is 8.38. The highest BCUT2D eigenvalue weighted by Gasteiger charge is 2.08. The van der Waals surface area contributed by atoms with Crippen molar-refractivity contribution in [2.45, 2.75) is 26.7 Å². The highest BCUT2D eigenvalue weighted by atomic mass is 16.5. The van der Waals surface area contributed by atoms with Crippen molar-refractivity contribution in [3.63, 3.8) is 0 Å². The topological polar surface area (TPSA) is 18.5 Å². The molecule has 0 aromatic carbocycles. The standard InChI is InChI=1S/2C5H10O/c2*1-5-2-3-6-4-5/h2*5H,2-4H2,1H3. The summed E-state index contributed by atoms with van der Waals surface area (Å²) in [7, 11) is 0. The molecule has 2 fully saturated rings. The van der Waals surface area contributed by atoms with Crippen molar-refractivity contribution < 1.29 is 9.47 Å². The van der Waals surface area contributed by atoms with Gasteiger partial charge in [0.05, 0.1) is 0 Å². The van der Waals surface area contributed by atoms with Crippen LogP contribution in [0.15, 0.2) is 0 Å². The Bertz CT molecular complexity index is 88.4. The molecule has 12 heavy (non-hydrogen) atoms. The lowest BCUT2D eigenvalue weighted by Gasteiger charge is -1.89. The number of hydrogen-bond donors (Lipinski definition) is 0. The molecule has 2 unspecified atom stereocenters. The smallest absolute Gasteiger partial charge is 0.0492 e. The van der Waals surface area contributed by atoms with Gasteiger partial charge in [0.2, 0.25) is 0 Å². The molecule has 0 spiro atoms. The van der Waals surface area contributed by atoms with E-state index in [-0.39, 0.29) is 0 Å². The van der Waals surface area contributed by atoms with Crippen LogP contribution < -0.4 is 0 Å².